The highest BCUT2D eigenvalue weighted by Crippen LogP contribution is 2.31. The highest BCUT2D eigenvalue weighted by Gasteiger charge is 2.11. The van der Waals surface area contributed by atoms with Gasteiger partial charge in [0, 0.05) is 23.4 Å². The van der Waals surface area contributed by atoms with E-state index in [1.54, 1.807) is 6.07 Å². The Morgan fingerprint density at radius 2 is 2.05 bits per heavy atom. The molecule has 0 aliphatic rings. The van der Waals surface area contributed by atoms with Crippen molar-refractivity contribution in [1.82, 2.24) is 9.97 Å². The third-order valence-electron chi connectivity index (χ3n) is 3.02. The van der Waals surface area contributed by atoms with Gasteiger partial charge in [0.05, 0.1) is 0 Å². The summed E-state index contributed by atoms with van der Waals surface area (Å²) < 4.78 is 13.3. The molecule has 0 saturated carbocycles. The summed E-state index contributed by atoms with van der Waals surface area (Å²) in [7, 11) is 0. The number of rotatable bonds is 6. The predicted molar refractivity (Wildman–Crippen MR) is 85.5 cm³/mol. The van der Waals surface area contributed by atoms with Gasteiger partial charge in [-0.05, 0) is 31.5 Å². The Morgan fingerprint density at radius 3 is 2.71 bits per heavy atom. The topological polar surface area (TPSA) is 37.8 Å². The summed E-state index contributed by atoms with van der Waals surface area (Å²) in [6, 6.07) is 6.57. The zero-order valence-corrected chi connectivity index (χ0v) is 13.4. The molecule has 0 fully saturated rings. The van der Waals surface area contributed by atoms with Crippen LogP contribution in [0.25, 0.3) is 0 Å². The van der Waals surface area contributed by atoms with E-state index in [0.29, 0.717) is 0 Å². The molecule has 5 heteroatoms. The van der Waals surface area contributed by atoms with Crippen LogP contribution < -0.4 is 5.32 Å². The summed E-state index contributed by atoms with van der Waals surface area (Å²) in [4.78, 5) is 9.96. The van der Waals surface area contributed by atoms with Crippen molar-refractivity contribution in [2.75, 3.05) is 11.9 Å². The van der Waals surface area contributed by atoms with Crippen molar-refractivity contribution in [3.63, 3.8) is 0 Å². The Balaban J connectivity index is 2.33. The first-order valence-corrected chi connectivity index (χ1v) is 8.00. The van der Waals surface area contributed by atoms with Gasteiger partial charge in [0.25, 0.3) is 0 Å². The van der Waals surface area contributed by atoms with Crippen LogP contribution in [-0.2, 0) is 6.42 Å². The summed E-state index contributed by atoms with van der Waals surface area (Å²) in [5, 5.41) is 4.22. The van der Waals surface area contributed by atoms with E-state index in [0.717, 1.165) is 46.5 Å². The first-order valence-electron chi connectivity index (χ1n) is 7.18. The third kappa shape index (κ3) is 4.17. The van der Waals surface area contributed by atoms with Crippen LogP contribution in [-0.4, -0.2) is 16.5 Å². The van der Waals surface area contributed by atoms with Gasteiger partial charge in [-0.3, -0.25) is 0 Å². The molecule has 0 saturated heterocycles. The minimum atomic E-state index is -0.230. The van der Waals surface area contributed by atoms with E-state index >= 15 is 0 Å². The van der Waals surface area contributed by atoms with Crippen molar-refractivity contribution in [3.05, 3.63) is 41.5 Å². The number of benzene rings is 1. The van der Waals surface area contributed by atoms with Crippen LogP contribution >= 0.6 is 11.8 Å². The lowest BCUT2D eigenvalue weighted by Crippen LogP contribution is -2.08. The Bertz CT molecular complexity index is 616. The molecule has 1 N–H and O–H groups in total. The quantitative estimate of drug-likeness (QED) is 0.800. The molecule has 3 nitrogen and oxygen atoms in total. The molecule has 0 spiro atoms. The first-order chi connectivity index (χ1) is 10.1. The van der Waals surface area contributed by atoms with Crippen LogP contribution in [0.15, 0.2) is 34.2 Å². The van der Waals surface area contributed by atoms with Crippen LogP contribution in [0.3, 0.4) is 0 Å². The van der Waals surface area contributed by atoms with Crippen molar-refractivity contribution >= 4 is 17.6 Å². The third-order valence-corrected chi connectivity index (χ3v) is 4.10. The van der Waals surface area contributed by atoms with E-state index in [2.05, 4.69) is 22.2 Å². The molecule has 1 aromatic heterocycles. The molecular formula is C16H20FN3S. The number of aromatic nitrogens is 2. The number of hydrogen-bond acceptors (Lipinski definition) is 4. The van der Waals surface area contributed by atoms with Gasteiger partial charge in [-0.2, -0.15) is 0 Å². The Morgan fingerprint density at radius 1 is 1.24 bits per heavy atom. The number of hydrogen-bond donors (Lipinski definition) is 1. The molecule has 0 bridgehead atoms. The second kappa shape index (κ2) is 7.41. The van der Waals surface area contributed by atoms with Crippen LogP contribution in [0.1, 0.15) is 31.7 Å². The fourth-order valence-corrected chi connectivity index (χ4v) is 2.80. The van der Waals surface area contributed by atoms with Gasteiger partial charge < -0.3 is 5.32 Å². The smallest absolute Gasteiger partial charge is 0.133 e. The summed E-state index contributed by atoms with van der Waals surface area (Å²) in [6.07, 6.45) is 1.81. The average Bonchev–Trinajstić information content (AvgIpc) is 2.48. The van der Waals surface area contributed by atoms with Gasteiger partial charge in [0.2, 0.25) is 0 Å². The van der Waals surface area contributed by atoms with Gasteiger partial charge in [-0.25, -0.2) is 14.4 Å². The van der Waals surface area contributed by atoms with E-state index < -0.39 is 0 Å². The summed E-state index contributed by atoms with van der Waals surface area (Å²) in [6.45, 7) is 7.03. The molecule has 1 aromatic carbocycles. The molecule has 21 heavy (non-hydrogen) atoms. The molecular weight excluding hydrogens is 285 g/mol. The van der Waals surface area contributed by atoms with Gasteiger partial charge >= 0.3 is 0 Å². The predicted octanol–water partition coefficient (Wildman–Crippen LogP) is 4.46. The fourth-order valence-electron chi connectivity index (χ4n) is 1.86. The minimum absolute atomic E-state index is 0.230. The molecule has 2 rings (SSSR count). The molecule has 1 heterocycles. The van der Waals surface area contributed by atoms with E-state index in [-0.39, 0.29) is 5.82 Å². The maximum atomic E-state index is 13.3. The number of nitrogens with zero attached hydrogens (tertiary/aromatic N) is 2. The molecule has 0 atom stereocenters. The lowest BCUT2D eigenvalue weighted by molar-refractivity contribution is 0.624. The largest absolute Gasteiger partial charge is 0.370 e. The standard InChI is InChI=1S/C16H20FN3S/c1-4-9-18-15-11(3)16(20-14(5-2)19-15)21-13-8-6-7-12(17)10-13/h6-8,10H,4-5,9H2,1-3H3,(H,18,19,20). The molecule has 0 amide bonds. The number of anilines is 1. The molecule has 0 aliphatic heterocycles. The average molecular weight is 305 g/mol. The summed E-state index contributed by atoms with van der Waals surface area (Å²) in [5.41, 5.74) is 1.01. The highest BCUT2D eigenvalue weighted by molar-refractivity contribution is 7.99. The van der Waals surface area contributed by atoms with Crippen LogP contribution in [0.4, 0.5) is 10.2 Å². The molecule has 0 radical (unpaired) electrons. The van der Waals surface area contributed by atoms with E-state index in [1.165, 1.54) is 23.9 Å². The van der Waals surface area contributed by atoms with Gasteiger partial charge in [-0.15, -0.1) is 0 Å². The molecule has 2 aromatic rings. The Kier molecular flexibility index (Phi) is 5.56. The number of nitrogens with one attached hydrogen (secondary N) is 1. The second-order valence-corrected chi connectivity index (χ2v) is 5.82. The first kappa shape index (κ1) is 15.8. The molecule has 0 aliphatic carbocycles. The maximum Gasteiger partial charge on any atom is 0.133 e. The zero-order chi connectivity index (χ0) is 15.2. The fraction of sp³-hybridized carbons (Fsp3) is 0.375. The zero-order valence-electron chi connectivity index (χ0n) is 12.6. The highest BCUT2D eigenvalue weighted by atomic mass is 32.2. The van der Waals surface area contributed by atoms with Crippen molar-refractivity contribution in [3.8, 4) is 0 Å². The van der Waals surface area contributed by atoms with E-state index in [9.17, 15) is 4.39 Å². The maximum absolute atomic E-state index is 13.3. The van der Waals surface area contributed by atoms with Crippen LogP contribution in [0.5, 0.6) is 0 Å². The second-order valence-electron chi connectivity index (χ2n) is 4.76. The van der Waals surface area contributed by atoms with E-state index in [1.807, 2.05) is 19.9 Å². The SMILES string of the molecule is CCCNc1nc(CC)nc(Sc2cccc(F)c2)c1C. The van der Waals surface area contributed by atoms with E-state index in [4.69, 9.17) is 0 Å². The Hall–Kier alpha value is -1.62. The minimum Gasteiger partial charge on any atom is -0.370 e. The van der Waals surface area contributed by atoms with Crippen LogP contribution in [0, 0.1) is 12.7 Å². The van der Waals surface area contributed by atoms with Crippen molar-refractivity contribution in [1.29, 1.82) is 0 Å². The summed E-state index contributed by atoms with van der Waals surface area (Å²) in [5.74, 6) is 1.45. The summed E-state index contributed by atoms with van der Waals surface area (Å²) >= 11 is 1.47. The Labute approximate surface area is 129 Å². The molecule has 0 unspecified atom stereocenters. The monoisotopic (exact) mass is 305 g/mol. The van der Waals surface area contributed by atoms with Crippen LogP contribution in [0.2, 0.25) is 0 Å². The van der Waals surface area contributed by atoms with Gasteiger partial charge in [-0.1, -0.05) is 31.7 Å². The van der Waals surface area contributed by atoms with Crippen molar-refractivity contribution in [2.24, 2.45) is 0 Å². The van der Waals surface area contributed by atoms with Crippen molar-refractivity contribution in [2.45, 2.75) is 43.5 Å². The lowest BCUT2D eigenvalue weighted by Gasteiger charge is -2.13. The van der Waals surface area contributed by atoms with Gasteiger partial charge in [0.1, 0.15) is 22.5 Å². The normalized spacial score (nSPS) is 10.7. The lowest BCUT2D eigenvalue weighted by atomic mass is 10.3. The molecule has 112 valence electrons. The number of halogens is 1. The van der Waals surface area contributed by atoms with Gasteiger partial charge in [0.15, 0.2) is 0 Å². The number of aryl methyl sites for hydroxylation is 1. The van der Waals surface area contributed by atoms with Crippen molar-refractivity contribution < 1.29 is 4.39 Å².